The molecule has 0 aromatic heterocycles. The summed E-state index contributed by atoms with van der Waals surface area (Å²) in [6.07, 6.45) is 0.798. The minimum Gasteiger partial charge on any atom is -0.373 e. The molecule has 0 bridgehead atoms. The lowest BCUT2D eigenvalue weighted by molar-refractivity contribution is -0.119. The molecule has 2 N–H and O–H groups in total. The van der Waals surface area contributed by atoms with Gasteiger partial charge in [0.25, 0.3) is 0 Å². The van der Waals surface area contributed by atoms with E-state index in [1.165, 1.54) is 5.56 Å². The van der Waals surface area contributed by atoms with Crippen LogP contribution in [0.15, 0.2) is 24.3 Å². The minimum absolute atomic E-state index is 0.0835. The molecule has 14 heavy (non-hydrogen) atoms. The van der Waals surface area contributed by atoms with E-state index < -0.39 is 0 Å². The Hall–Kier alpha value is -1.08. The molecule has 2 atom stereocenters. The molecule has 0 saturated heterocycles. The average Bonchev–Trinajstić information content (AvgIpc) is 2.61. The van der Waals surface area contributed by atoms with Gasteiger partial charge in [-0.1, -0.05) is 18.2 Å². The van der Waals surface area contributed by atoms with Gasteiger partial charge in [-0.15, -0.1) is 0 Å². The molecule has 1 aromatic carbocycles. The first-order valence-corrected chi connectivity index (χ1v) is 6.12. The maximum absolute atomic E-state index is 11.5. The molecular formula is C10H13N2OP. The maximum atomic E-state index is 11.5. The van der Waals surface area contributed by atoms with Crippen molar-refractivity contribution in [1.29, 1.82) is 0 Å². The van der Waals surface area contributed by atoms with Crippen LogP contribution in [0.2, 0.25) is 0 Å². The highest BCUT2D eigenvalue weighted by Gasteiger charge is 2.25. The Kier molecular flexibility index (Phi) is 2.69. The van der Waals surface area contributed by atoms with E-state index in [9.17, 15) is 4.79 Å². The summed E-state index contributed by atoms with van der Waals surface area (Å²) in [6, 6.07) is 7.97. The smallest absolute Gasteiger partial charge is 0.245 e. The normalized spacial score (nSPS) is 19.4. The van der Waals surface area contributed by atoms with E-state index in [2.05, 4.69) is 16.5 Å². The molecule has 3 nitrogen and oxygen atoms in total. The average molecular weight is 208 g/mol. The molecule has 0 spiro atoms. The van der Waals surface area contributed by atoms with Crippen molar-refractivity contribution in [1.82, 2.24) is 5.09 Å². The Bertz CT molecular complexity index is 329. The highest BCUT2D eigenvalue weighted by Crippen LogP contribution is 2.25. The van der Waals surface area contributed by atoms with Crippen molar-refractivity contribution in [2.45, 2.75) is 12.5 Å². The van der Waals surface area contributed by atoms with E-state index in [0.717, 1.165) is 12.1 Å². The minimum atomic E-state index is -0.0835. The van der Waals surface area contributed by atoms with Crippen LogP contribution in [0, 0.1) is 0 Å². The zero-order valence-electron chi connectivity index (χ0n) is 8.00. The highest BCUT2D eigenvalue weighted by atomic mass is 31.1. The number of nitrogens with one attached hydrogen (secondary N) is 2. The monoisotopic (exact) mass is 208 g/mol. The summed E-state index contributed by atoms with van der Waals surface area (Å²) < 4.78 is 0. The van der Waals surface area contributed by atoms with Crippen LogP contribution < -0.4 is 10.4 Å². The number of fused-ring (bicyclic) bond motifs is 1. The van der Waals surface area contributed by atoms with Gasteiger partial charge in [-0.3, -0.25) is 4.79 Å². The SMILES string of the molecule is CPNC(=O)C1Cc2ccccc2N1. The van der Waals surface area contributed by atoms with Crippen LogP contribution >= 0.6 is 8.73 Å². The molecule has 1 aliphatic rings. The molecule has 1 aromatic rings. The molecular weight excluding hydrogens is 195 g/mol. The number of benzene rings is 1. The van der Waals surface area contributed by atoms with Crippen molar-refractivity contribution < 1.29 is 4.79 Å². The van der Waals surface area contributed by atoms with Gasteiger partial charge in [-0.05, 0) is 27.0 Å². The standard InChI is InChI=1S/C10H13N2OP/c1-14-12-10(13)9-6-7-4-2-3-5-8(7)11-9/h2-5,9,11,14H,6H2,1H3,(H,12,13). The van der Waals surface area contributed by atoms with Gasteiger partial charge in [-0.25, -0.2) is 0 Å². The summed E-state index contributed by atoms with van der Waals surface area (Å²) in [5, 5.41) is 6.06. The van der Waals surface area contributed by atoms with Crippen molar-refractivity contribution in [2.75, 3.05) is 12.0 Å². The third-order valence-corrected chi connectivity index (χ3v) is 2.83. The van der Waals surface area contributed by atoms with E-state index in [0.29, 0.717) is 8.73 Å². The molecule has 1 amide bonds. The van der Waals surface area contributed by atoms with Gasteiger partial charge in [0, 0.05) is 12.1 Å². The van der Waals surface area contributed by atoms with Crippen LogP contribution in [0.25, 0.3) is 0 Å². The first-order valence-electron chi connectivity index (χ1n) is 4.62. The lowest BCUT2D eigenvalue weighted by Crippen LogP contribution is -2.34. The second kappa shape index (κ2) is 3.97. The van der Waals surface area contributed by atoms with Crippen LogP contribution in [0.5, 0.6) is 0 Å². The Labute approximate surface area is 85.1 Å². The van der Waals surface area contributed by atoms with Crippen LogP contribution in [0.1, 0.15) is 5.56 Å². The summed E-state index contributed by atoms with van der Waals surface area (Å²) in [5.41, 5.74) is 2.32. The molecule has 2 unspecified atom stereocenters. The van der Waals surface area contributed by atoms with E-state index in [4.69, 9.17) is 0 Å². The van der Waals surface area contributed by atoms with Crippen molar-refractivity contribution in [3.63, 3.8) is 0 Å². The molecule has 0 aliphatic carbocycles. The zero-order chi connectivity index (χ0) is 9.97. The molecule has 2 rings (SSSR count). The molecule has 1 aliphatic heterocycles. The Morgan fingerprint density at radius 1 is 1.57 bits per heavy atom. The van der Waals surface area contributed by atoms with Gasteiger partial charge in [-0.2, -0.15) is 0 Å². The summed E-state index contributed by atoms with van der Waals surface area (Å²) in [7, 11) is 0.472. The predicted molar refractivity (Wildman–Crippen MR) is 59.9 cm³/mol. The number of rotatable bonds is 2. The number of carbonyl (C=O) groups excluding carboxylic acids is 1. The lowest BCUT2D eigenvalue weighted by atomic mass is 10.1. The summed E-state index contributed by atoms with van der Waals surface area (Å²) >= 11 is 0. The van der Waals surface area contributed by atoms with E-state index in [-0.39, 0.29) is 11.9 Å². The Morgan fingerprint density at radius 2 is 2.36 bits per heavy atom. The number of anilines is 1. The summed E-state index contributed by atoms with van der Waals surface area (Å²) in [4.78, 5) is 11.5. The fraction of sp³-hybridized carbons (Fsp3) is 0.300. The number of hydrogen-bond acceptors (Lipinski definition) is 2. The van der Waals surface area contributed by atoms with Gasteiger partial charge >= 0.3 is 0 Å². The zero-order valence-corrected chi connectivity index (χ0v) is 9.00. The van der Waals surface area contributed by atoms with Crippen LogP contribution in [0.4, 0.5) is 5.69 Å². The molecule has 74 valence electrons. The van der Waals surface area contributed by atoms with Crippen molar-refractivity contribution in [2.24, 2.45) is 0 Å². The lowest BCUT2D eigenvalue weighted by Gasteiger charge is -2.09. The van der Waals surface area contributed by atoms with Crippen molar-refractivity contribution in [3.8, 4) is 0 Å². The molecule has 0 radical (unpaired) electrons. The van der Waals surface area contributed by atoms with Gasteiger partial charge < -0.3 is 10.4 Å². The maximum Gasteiger partial charge on any atom is 0.245 e. The third-order valence-electron chi connectivity index (χ3n) is 2.34. The highest BCUT2D eigenvalue weighted by molar-refractivity contribution is 7.35. The second-order valence-electron chi connectivity index (χ2n) is 3.30. The topological polar surface area (TPSA) is 41.1 Å². The Balaban J connectivity index is 2.08. The molecule has 4 heteroatoms. The van der Waals surface area contributed by atoms with Crippen molar-refractivity contribution in [3.05, 3.63) is 29.8 Å². The number of hydrogen-bond donors (Lipinski definition) is 2. The first-order chi connectivity index (χ1) is 6.81. The van der Waals surface area contributed by atoms with E-state index in [1.54, 1.807) is 0 Å². The van der Waals surface area contributed by atoms with Crippen LogP contribution in [-0.4, -0.2) is 18.6 Å². The Morgan fingerprint density at radius 3 is 3.07 bits per heavy atom. The first kappa shape index (κ1) is 9.47. The number of amides is 1. The summed E-state index contributed by atoms with van der Waals surface area (Å²) in [5.74, 6) is 0.0991. The van der Waals surface area contributed by atoms with E-state index >= 15 is 0 Å². The largest absolute Gasteiger partial charge is 0.373 e. The molecule has 0 saturated carbocycles. The van der Waals surface area contributed by atoms with Gasteiger partial charge in [0.05, 0.1) is 0 Å². The van der Waals surface area contributed by atoms with Crippen molar-refractivity contribution >= 4 is 20.3 Å². The molecule has 1 heterocycles. The fourth-order valence-corrected chi connectivity index (χ4v) is 2.09. The summed E-state index contributed by atoms with van der Waals surface area (Å²) in [6.45, 7) is 1.96. The van der Waals surface area contributed by atoms with Crippen LogP contribution in [0.3, 0.4) is 0 Å². The van der Waals surface area contributed by atoms with Gasteiger partial charge in [0.2, 0.25) is 5.91 Å². The predicted octanol–water partition coefficient (Wildman–Crippen LogP) is 1.36. The van der Waals surface area contributed by atoms with Gasteiger partial charge in [0.1, 0.15) is 6.04 Å². The number of carbonyl (C=O) groups is 1. The molecule has 0 fully saturated rings. The third kappa shape index (κ3) is 1.73. The fourth-order valence-electron chi connectivity index (χ4n) is 1.67. The van der Waals surface area contributed by atoms with Crippen LogP contribution in [-0.2, 0) is 11.2 Å². The van der Waals surface area contributed by atoms with E-state index in [1.807, 2.05) is 24.9 Å². The van der Waals surface area contributed by atoms with Gasteiger partial charge in [0.15, 0.2) is 0 Å². The number of para-hydroxylation sites is 1. The quantitative estimate of drug-likeness (QED) is 0.720. The second-order valence-corrected chi connectivity index (χ2v) is 4.05.